The van der Waals surface area contributed by atoms with Gasteiger partial charge >= 0.3 is 0 Å². The van der Waals surface area contributed by atoms with Gasteiger partial charge in [0.2, 0.25) is 5.91 Å². The van der Waals surface area contributed by atoms with E-state index in [0.717, 1.165) is 55.0 Å². The smallest absolute Gasteiger partial charge is 0.227 e. The fraction of sp³-hybridized carbons (Fsp3) is 0.579. The van der Waals surface area contributed by atoms with E-state index in [0.29, 0.717) is 5.92 Å². The predicted molar refractivity (Wildman–Crippen MR) is 96.8 cm³/mol. The molecule has 6 heteroatoms. The second-order valence-corrected chi connectivity index (χ2v) is 8.02. The van der Waals surface area contributed by atoms with Gasteiger partial charge in [-0.05, 0) is 32.1 Å². The first-order valence-electron chi connectivity index (χ1n) is 8.95. The van der Waals surface area contributed by atoms with Gasteiger partial charge in [-0.25, -0.2) is 0 Å². The van der Waals surface area contributed by atoms with Crippen molar-refractivity contribution in [2.75, 3.05) is 13.1 Å². The summed E-state index contributed by atoms with van der Waals surface area (Å²) in [5.41, 5.74) is 3.48. The molecule has 3 rings (SSSR count). The van der Waals surface area contributed by atoms with Gasteiger partial charge in [0.1, 0.15) is 0 Å². The summed E-state index contributed by atoms with van der Waals surface area (Å²) in [5.74, 6) is 0.699. The van der Waals surface area contributed by atoms with E-state index in [2.05, 4.69) is 20.2 Å². The van der Waals surface area contributed by atoms with Gasteiger partial charge in [0.05, 0.1) is 23.8 Å². The largest absolute Gasteiger partial charge is 0.342 e. The molecule has 1 unspecified atom stereocenters. The molecule has 1 amide bonds. The third-order valence-corrected chi connectivity index (χ3v) is 4.76. The number of aromatic nitrogens is 4. The molecular formula is C19H27N5O. The van der Waals surface area contributed by atoms with Crippen LogP contribution in [0.5, 0.6) is 0 Å². The van der Waals surface area contributed by atoms with E-state index in [9.17, 15) is 4.79 Å². The summed E-state index contributed by atoms with van der Waals surface area (Å²) >= 11 is 0. The summed E-state index contributed by atoms with van der Waals surface area (Å²) in [6, 6.07) is 0. The molecule has 3 heterocycles. The number of likely N-dealkylation sites (tertiary alicyclic amines) is 1. The van der Waals surface area contributed by atoms with Gasteiger partial charge in [0.15, 0.2) is 0 Å². The predicted octanol–water partition coefficient (Wildman–Crippen LogP) is 3.00. The first-order chi connectivity index (χ1) is 11.8. The number of rotatable bonds is 3. The van der Waals surface area contributed by atoms with Crippen molar-refractivity contribution in [2.45, 2.75) is 47.0 Å². The summed E-state index contributed by atoms with van der Waals surface area (Å²) in [5, 5.41) is 6.95. The van der Waals surface area contributed by atoms with Gasteiger partial charge in [-0.1, -0.05) is 20.8 Å². The standard InChI is InChI=1S/C19H27N5O/c1-13-16(10-22-23-13)17-11-20-15(9-21-17)8-14-6-5-7-24(12-14)18(25)19(2,3)4/h9-11,14H,5-8,12H2,1-4H3,(H,22,23). The van der Waals surface area contributed by atoms with Crippen molar-refractivity contribution < 1.29 is 4.79 Å². The summed E-state index contributed by atoms with van der Waals surface area (Å²) in [6.07, 6.45) is 8.51. The monoisotopic (exact) mass is 341 g/mol. The Labute approximate surface area is 149 Å². The molecule has 0 aliphatic carbocycles. The van der Waals surface area contributed by atoms with Crippen molar-refractivity contribution in [2.24, 2.45) is 11.3 Å². The molecule has 1 atom stereocenters. The fourth-order valence-corrected chi connectivity index (χ4v) is 3.39. The molecule has 25 heavy (non-hydrogen) atoms. The zero-order valence-electron chi connectivity index (χ0n) is 15.5. The SMILES string of the molecule is Cc1[nH]ncc1-c1cnc(CC2CCCN(C(=O)C(C)(C)C)C2)cn1. The Morgan fingerprint density at radius 3 is 2.68 bits per heavy atom. The van der Waals surface area contributed by atoms with E-state index >= 15 is 0 Å². The molecule has 1 saturated heterocycles. The first kappa shape index (κ1) is 17.6. The second-order valence-electron chi connectivity index (χ2n) is 8.02. The molecule has 6 nitrogen and oxygen atoms in total. The number of hydrogen-bond donors (Lipinski definition) is 1. The molecule has 0 bridgehead atoms. The molecule has 1 fully saturated rings. The highest BCUT2D eigenvalue weighted by molar-refractivity contribution is 5.81. The average Bonchev–Trinajstić information content (AvgIpc) is 3.00. The quantitative estimate of drug-likeness (QED) is 0.931. The summed E-state index contributed by atoms with van der Waals surface area (Å²) < 4.78 is 0. The van der Waals surface area contributed by atoms with Crippen LogP contribution in [-0.2, 0) is 11.2 Å². The Balaban J connectivity index is 1.64. The van der Waals surface area contributed by atoms with Crippen LogP contribution in [0.25, 0.3) is 11.3 Å². The number of carbonyl (C=O) groups is 1. The summed E-state index contributed by atoms with van der Waals surface area (Å²) in [7, 11) is 0. The normalized spacial score (nSPS) is 18.4. The minimum atomic E-state index is -0.314. The second kappa shape index (κ2) is 6.94. The molecular weight excluding hydrogens is 314 g/mol. The molecule has 1 aliphatic heterocycles. The van der Waals surface area contributed by atoms with Crippen molar-refractivity contribution in [3.8, 4) is 11.3 Å². The lowest BCUT2D eigenvalue weighted by Gasteiger charge is -2.36. The molecule has 1 N–H and O–H groups in total. The van der Waals surface area contributed by atoms with Crippen LogP contribution in [0.3, 0.4) is 0 Å². The number of H-pyrrole nitrogens is 1. The number of carbonyl (C=O) groups excluding carboxylic acids is 1. The Kier molecular flexibility index (Phi) is 4.88. The van der Waals surface area contributed by atoms with E-state index in [1.807, 2.05) is 45.0 Å². The van der Waals surface area contributed by atoms with E-state index < -0.39 is 0 Å². The minimum Gasteiger partial charge on any atom is -0.342 e. The molecule has 1 aliphatic rings. The Hall–Kier alpha value is -2.24. The van der Waals surface area contributed by atoms with Crippen molar-refractivity contribution in [1.29, 1.82) is 0 Å². The number of aromatic amines is 1. The highest BCUT2D eigenvalue weighted by Crippen LogP contribution is 2.25. The van der Waals surface area contributed by atoms with Crippen molar-refractivity contribution in [3.05, 3.63) is 30.0 Å². The lowest BCUT2D eigenvalue weighted by atomic mass is 9.89. The highest BCUT2D eigenvalue weighted by atomic mass is 16.2. The maximum Gasteiger partial charge on any atom is 0.227 e. The van der Waals surface area contributed by atoms with Crippen LogP contribution >= 0.6 is 0 Å². The van der Waals surface area contributed by atoms with Crippen LogP contribution < -0.4 is 0 Å². The lowest BCUT2D eigenvalue weighted by molar-refractivity contribution is -0.141. The van der Waals surface area contributed by atoms with Gasteiger partial charge in [0, 0.05) is 36.0 Å². The average molecular weight is 341 g/mol. The molecule has 134 valence electrons. The topological polar surface area (TPSA) is 74.8 Å². The zero-order valence-corrected chi connectivity index (χ0v) is 15.5. The maximum absolute atomic E-state index is 12.5. The van der Waals surface area contributed by atoms with E-state index in [4.69, 9.17) is 0 Å². The number of aryl methyl sites for hydroxylation is 1. The van der Waals surface area contributed by atoms with E-state index in [-0.39, 0.29) is 11.3 Å². The lowest BCUT2D eigenvalue weighted by Crippen LogP contribution is -2.45. The maximum atomic E-state index is 12.5. The number of nitrogens with zero attached hydrogens (tertiary/aromatic N) is 4. The molecule has 0 spiro atoms. The number of amides is 1. The van der Waals surface area contributed by atoms with Crippen LogP contribution in [0, 0.1) is 18.3 Å². The Morgan fingerprint density at radius 2 is 2.08 bits per heavy atom. The van der Waals surface area contributed by atoms with E-state index in [1.165, 1.54) is 0 Å². The van der Waals surface area contributed by atoms with Gasteiger partial charge in [0.25, 0.3) is 0 Å². The number of piperidine rings is 1. The highest BCUT2D eigenvalue weighted by Gasteiger charge is 2.31. The third-order valence-electron chi connectivity index (χ3n) is 4.76. The summed E-state index contributed by atoms with van der Waals surface area (Å²) in [4.78, 5) is 23.7. The first-order valence-corrected chi connectivity index (χ1v) is 8.95. The minimum absolute atomic E-state index is 0.245. The Morgan fingerprint density at radius 1 is 1.28 bits per heavy atom. The van der Waals surface area contributed by atoms with Gasteiger partial charge in [-0.15, -0.1) is 0 Å². The van der Waals surface area contributed by atoms with Crippen molar-refractivity contribution in [3.63, 3.8) is 0 Å². The Bertz CT molecular complexity index is 729. The van der Waals surface area contributed by atoms with Crippen LogP contribution in [-0.4, -0.2) is 44.1 Å². The van der Waals surface area contributed by atoms with E-state index in [1.54, 1.807) is 6.20 Å². The fourth-order valence-electron chi connectivity index (χ4n) is 3.39. The van der Waals surface area contributed by atoms with Crippen LogP contribution in [0.15, 0.2) is 18.6 Å². The van der Waals surface area contributed by atoms with Crippen LogP contribution in [0.1, 0.15) is 45.0 Å². The van der Waals surface area contributed by atoms with Gasteiger partial charge in [-0.2, -0.15) is 5.10 Å². The van der Waals surface area contributed by atoms with Crippen molar-refractivity contribution in [1.82, 2.24) is 25.1 Å². The van der Waals surface area contributed by atoms with Gasteiger partial charge < -0.3 is 4.90 Å². The molecule has 0 aromatic carbocycles. The molecule has 2 aromatic rings. The molecule has 0 radical (unpaired) electrons. The number of hydrogen-bond acceptors (Lipinski definition) is 4. The van der Waals surface area contributed by atoms with Gasteiger partial charge in [-0.3, -0.25) is 19.9 Å². The third kappa shape index (κ3) is 4.06. The van der Waals surface area contributed by atoms with Crippen LogP contribution in [0.4, 0.5) is 0 Å². The van der Waals surface area contributed by atoms with Crippen molar-refractivity contribution >= 4 is 5.91 Å². The zero-order chi connectivity index (χ0) is 18.0. The summed E-state index contributed by atoms with van der Waals surface area (Å²) in [6.45, 7) is 9.63. The molecule has 2 aromatic heterocycles. The number of nitrogens with one attached hydrogen (secondary N) is 1. The molecule has 0 saturated carbocycles. The van der Waals surface area contributed by atoms with Crippen LogP contribution in [0.2, 0.25) is 0 Å².